The van der Waals surface area contributed by atoms with E-state index in [9.17, 15) is 8.42 Å². The zero-order chi connectivity index (χ0) is 19.7. The highest BCUT2D eigenvalue weighted by Gasteiger charge is 2.16. The number of primary sulfonamides is 1. The van der Waals surface area contributed by atoms with E-state index in [4.69, 9.17) is 5.14 Å². The normalized spacial score (nSPS) is 11.6. The second-order valence-corrected chi connectivity index (χ2v) is 7.86. The zero-order valence-corrected chi connectivity index (χ0v) is 15.9. The molecule has 3 N–H and O–H groups in total. The topological polar surface area (TPSA) is 116 Å². The molecule has 9 heteroatoms. The number of anilines is 1. The van der Waals surface area contributed by atoms with Crippen LogP contribution in [0.3, 0.4) is 0 Å². The summed E-state index contributed by atoms with van der Waals surface area (Å²) in [6.07, 6.45) is 1.49. The van der Waals surface area contributed by atoms with Crippen LogP contribution < -0.4 is 10.5 Å². The number of rotatable bonds is 5. The summed E-state index contributed by atoms with van der Waals surface area (Å²) in [5.41, 5.74) is 3.39. The van der Waals surface area contributed by atoms with E-state index in [1.807, 2.05) is 37.4 Å². The smallest absolute Gasteiger partial charge is 0.238 e. The average Bonchev–Trinajstić information content (AvgIpc) is 3.04. The van der Waals surface area contributed by atoms with E-state index >= 15 is 0 Å². The number of benzene rings is 2. The lowest BCUT2D eigenvalue weighted by atomic mass is 10.1. The van der Waals surface area contributed by atoms with Crippen molar-refractivity contribution < 1.29 is 8.42 Å². The van der Waals surface area contributed by atoms with Crippen LogP contribution in [0.15, 0.2) is 65.8 Å². The van der Waals surface area contributed by atoms with Gasteiger partial charge in [-0.1, -0.05) is 42.5 Å². The number of nitrogens with zero attached hydrogens (tertiary/aromatic N) is 4. The predicted octanol–water partition coefficient (Wildman–Crippen LogP) is 2.29. The lowest BCUT2D eigenvalue weighted by Gasteiger charge is -2.08. The summed E-state index contributed by atoms with van der Waals surface area (Å²) in [5.74, 6) is 0.660. The van der Waals surface area contributed by atoms with Gasteiger partial charge < -0.3 is 5.32 Å². The molecule has 4 rings (SSSR count). The molecule has 0 fully saturated rings. The first-order valence-corrected chi connectivity index (χ1v) is 10.1. The third-order valence-corrected chi connectivity index (χ3v) is 5.31. The molecular weight excluding hydrogens is 376 g/mol. The Bertz CT molecular complexity index is 1230. The van der Waals surface area contributed by atoms with Crippen molar-refractivity contribution >= 4 is 26.9 Å². The van der Waals surface area contributed by atoms with Gasteiger partial charge in [0.1, 0.15) is 17.8 Å². The Balaban J connectivity index is 1.68. The van der Waals surface area contributed by atoms with Gasteiger partial charge >= 0.3 is 0 Å². The molecule has 2 aromatic carbocycles. The minimum absolute atomic E-state index is 0.0827. The van der Waals surface area contributed by atoms with Crippen LogP contribution in [0.25, 0.3) is 22.3 Å². The van der Waals surface area contributed by atoms with Gasteiger partial charge in [-0.05, 0) is 17.7 Å². The highest BCUT2D eigenvalue weighted by molar-refractivity contribution is 7.89. The van der Waals surface area contributed by atoms with E-state index in [0.717, 1.165) is 27.9 Å². The van der Waals surface area contributed by atoms with Gasteiger partial charge in [0.15, 0.2) is 5.65 Å². The number of hydrogen-bond acceptors (Lipinski definition) is 6. The van der Waals surface area contributed by atoms with Crippen molar-refractivity contribution in [3.63, 3.8) is 0 Å². The molecule has 0 saturated heterocycles. The molecule has 0 amide bonds. The maximum Gasteiger partial charge on any atom is 0.238 e. The molecule has 2 aromatic heterocycles. The fourth-order valence-electron chi connectivity index (χ4n) is 3.00. The van der Waals surface area contributed by atoms with Gasteiger partial charge in [0.25, 0.3) is 0 Å². The van der Waals surface area contributed by atoms with Crippen molar-refractivity contribution in [2.24, 2.45) is 12.2 Å². The first-order valence-electron chi connectivity index (χ1n) is 8.52. The van der Waals surface area contributed by atoms with Crippen LogP contribution in [0, 0.1) is 0 Å². The molecule has 0 radical (unpaired) electrons. The summed E-state index contributed by atoms with van der Waals surface area (Å²) < 4.78 is 24.5. The maximum atomic E-state index is 11.4. The molecule has 0 aliphatic carbocycles. The molecule has 0 bridgehead atoms. The maximum absolute atomic E-state index is 11.4. The minimum Gasteiger partial charge on any atom is -0.365 e. The monoisotopic (exact) mass is 394 g/mol. The summed E-state index contributed by atoms with van der Waals surface area (Å²) in [6, 6.07) is 16.3. The van der Waals surface area contributed by atoms with Crippen LogP contribution in [0.1, 0.15) is 5.56 Å². The minimum atomic E-state index is -3.70. The van der Waals surface area contributed by atoms with Crippen LogP contribution in [0.2, 0.25) is 0 Å². The molecule has 0 aliphatic rings. The summed E-state index contributed by atoms with van der Waals surface area (Å²) in [6.45, 7) is 0.458. The first kappa shape index (κ1) is 18.1. The van der Waals surface area contributed by atoms with Crippen molar-refractivity contribution in [2.45, 2.75) is 11.4 Å². The lowest BCUT2D eigenvalue weighted by Crippen LogP contribution is -2.12. The van der Waals surface area contributed by atoms with Crippen molar-refractivity contribution in [2.75, 3.05) is 5.32 Å². The van der Waals surface area contributed by atoms with E-state index in [1.165, 1.54) is 18.5 Å². The predicted molar refractivity (Wildman–Crippen MR) is 107 cm³/mol. The molecule has 142 valence electrons. The number of aryl methyl sites for hydroxylation is 1. The Morgan fingerprint density at radius 3 is 2.43 bits per heavy atom. The van der Waals surface area contributed by atoms with Gasteiger partial charge in [-0.25, -0.2) is 28.2 Å². The molecule has 0 saturated carbocycles. The molecular formula is C19H18N6O2S. The number of aromatic nitrogens is 4. The number of nitrogens with two attached hydrogens (primary N) is 1. The van der Waals surface area contributed by atoms with E-state index in [2.05, 4.69) is 20.4 Å². The third kappa shape index (κ3) is 3.45. The van der Waals surface area contributed by atoms with Gasteiger partial charge in [-0.3, -0.25) is 0 Å². The van der Waals surface area contributed by atoms with Crippen molar-refractivity contribution in [1.82, 2.24) is 19.7 Å². The number of hydrogen-bond donors (Lipinski definition) is 2. The first-order chi connectivity index (χ1) is 13.4. The van der Waals surface area contributed by atoms with Crippen molar-refractivity contribution in [3.05, 3.63) is 66.5 Å². The molecule has 28 heavy (non-hydrogen) atoms. The summed E-state index contributed by atoms with van der Waals surface area (Å²) in [7, 11) is -1.86. The van der Waals surface area contributed by atoms with Crippen molar-refractivity contribution in [3.8, 4) is 11.3 Å². The molecule has 4 aromatic rings. The summed E-state index contributed by atoms with van der Waals surface area (Å²) in [5, 5.41) is 13.9. The highest BCUT2D eigenvalue weighted by Crippen LogP contribution is 2.31. The van der Waals surface area contributed by atoms with Gasteiger partial charge in [-0.2, -0.15) is 5.10 Å². The molecule has 2 heterocycles. The van der Waals surface area contributed by atoms with Gasteiger partial charge in [0, 0.05) is 19.2 Å². The molecule has 0 spiro atoms. The molecule has 8 nitrogen and oxygen atoms in total. The van der Waals surface area contributed by atoms with Crippen LogP contribution >= 0.6 is 0 Å². The Morgan fingerprint density at radius 2 is 1.75 bits per heavy atom. The SMILES string of the molecule is Cn1nc(-c2ccccc2)c2c(NCc3ccc(S(N)(=O)=O)cc3)ncnc21. The number of fused-ring (bicyclic) bond motifs is 1. The van der Waals surface area contributed by atoms with Gasteiger partial charge in [0.2, 0.25) is 10.0 Å². The average molecular weight is 394 g/mol. The van der Waals surface area contributed by atoms with Crippen molar-refractivity contribution in [1.29, 1.82) is 0 Å². The van der Waals surface area contributed by atoms with Gasteiger partial charge in [0.05, 0.1) is 10.3 Å². The number of nitrogens with one attached hydrogen (secondary N) is 1. The fourth-order valence-corrected chi connectivity index (χ4v) is 3.52. The van der Waals surface area contributed by atoms with E-state index in [1.54, 1.807) is 16.8 Å². The van der Waals surface area contributed by atoms with Crippen LogP contribution in [-0.4, -0.2) is 28.2 Å². The largest absolute Gasteiger partial charge is 0.365 e. The van der Waals surface area contributed by atoms with E-state index < -0.39 is 10.0 Å². The van der Waals surface area contributed by atoms with E-state index in [0.29, 0.717) is 12.4 Å². The van der Waals surface area contributed by atoms with Crippen LogP contribution in [0.4, 0.5) is 5.82 Å². The lowest BCUT2D eigenvalue weighted by molar-refractivity contribution is 0.598. The summed E-state index contributed by atoms with van der Waals surface area (Å²) >= 11 is 0. The van der Waals surface area contributed by atoms with Crippen LogP contribution in [0.5, 0.6) is 0 Å². The Morgan fingerprint density at radius 1 is 1.04 bits per heavy atom. The molecule has 0 aliphatic heterocycles. The fraction of sp³-hybridized carbons (Fsp3) is 0.105. The summed E-state index contributed by atoms with van der Waals surface area (Å²) in [4.78, 5) is 8.82. The highest BCUT2D eigenvalue weighted by atomic mass is 32.2. The molecule has 0 atom stereocenters. The van der Waals surface area contributed by atoms with E-state index in [-0.39, 0.29) is 4.90 Å². The zero-order valence-electron chi connectivity index (χ0n) is 15.1. The Hall–Kier alpha value is -3.30. The Labute approximate surface area is 162 Å². The second kappa shape index (κ2) is 7.02. The van der Waals surface area contributed by atoms with Gasteiger partial charge in [-0.15, -0.1) is 0 Å². The quantitative estimate of drug-likeness (QED) is 0.536. The molecule has 0 unspecified atom stereocenters. The number of sulfonamides is 1. The Kier molecular flexibility index (Phi) is 4.54. The van der Waals surface area contributed by atoms with Crippen LogP contribution in [-0.2, 0) is 23.6 Å². The standard InChI is InChI=1S/C19H18N6O2S/c1-25-19-16(17(24-25)14-5-3-2-4-6-14)18(22-12-23-19)21-11-13-7-9-15(10-8-13)28(20,26)27/h2-10,12H,11H2,1H3,(H2,20,26,27)(H,21,22,23). The second-order valence-electron chi connectivity index (χ2n) is 6.30. The third-order valence-electron chi connectivity index (χ3n) is 4.38.